The summed E-state index contributed by atoms with van der Waals surface area (Å²) in [5.41, 5.74) is 1.86. The van der Waals surface area contributed by atoms with Gasteiger partial charge in [0.2, 0.25) is 0 Å². The highest BCUT2D eigenvalue weighted by Gasteiger charge is 2.16. The molecule has 0 aromatic heterocycles. The van der Waals surface area contributed by atoms with Gasteiger partial charge in [-0.25, -0.2) is 0 Å². The van der Waals surface area contributed by atoms with Gasteiger partial charge in [-0.05, 0) is 24.6 Å². The zero-order valence-electron chi connectivity index (χ0n) is 10.2. The molecule has 0 fully saturated rings. The van der Waals surface area contributed by atoms with Crippen LogP contribution in [0.3, 0.4) is 0 Å². The zero-order valence-corrected chi connectivity index (χ0v) is 10.2. The van der Waals surface area contributed by atoms with Crippen LogP contribution < -0.4 is 4.74 Å². The summed E-state index contributed by atoms with van der Waals surface area (Å²) in [5, 5.41) is 0. The van der Waals surface area contributed by atoms with Gasteiger partial charge in [0.05, 0.1) is 7.85 Å². The van der Waals surface area contributed by atoms with Crippen molar-refractivity contribution in [1.29, 1.82) is 0 Å². The largest absolute Gasteiger partial charge is 0.427 e. The van der Waals surface area contributed by atoms with E-state index in [1.165, 1.54) is 0 Å². The van der Waals surface area contributed by atoms with Crippen molar-refractivity contribution in [2.45, 2.75) is 12.7 Å². The molecule has 2 nitrogen and oxygen atoms in total. The summed E-state index contributed by atoms with van der Waals surface area (Å²) in [4.78, 5) is 11.9. The van der Waals surface area contributed by atoms with Gasteiger partial charge in [-0.2, -0.15) is 0 Å². The maximum absolute atomic E-state index is 11.9. The molecule has 88 valence electrons. The van der Waals surface area contributed by atoms with Crippen LogP contribution in [-0.2, 0) is 4.79 Å². The molecule has 0 saturated carbocycles. The molecule has 0 unspecified atom stereocenters. The Kier molecular flexibility index (Phi) is 3.83. The van der Waals surface area contributed by atoms with E-state index < -0.39 is 11.8 Å². The monoisotopic (exact) mass is 236 g/mol. The molecule has 0 bridgehead atoms. The Morgan fingerprint density at radius 2 is 1.67 bits per heavy atom. The predicted octanol–water partition coefficient (Wildman–Crippen LogP) is 2.81. The highest BCUT2D eigenvalue weighted by molar-refractivity contribution is 6.23. The molecule has 2 rings (SSSR count). The van der Waals surface area contributed by atoms with E-state index in [4.69, 9.17) is 12.6 Å². The number of hydrogen-bond donors (Lipinski definition) is 0. The first-order valence-electron chi connectivity index (χ1n) is 5.76. The van der Waals surface area contributed by atoms with E-state index in [0.717, 1.165) is 11.1 Å². The molecule has 2 radical (unpaired) electrons. The maximum Gasteiger partial charge on any atom is 0.309 e. The van der Waals surface area contributed by atoms with E-state index >= 15 is 0 Å². The lowest BCUT2D eigenvalue weighted by Gasteiger charge is -2.11. The Balaban J connectivity index is 2.06. The number of hydrogen-bond acceptors (Lipinski definition) is 2. The fraction of sp³-hybridized carbons (Fsp3) is 0.133. The Morgan fingerprint density at radius 3 is 2.28 bits per heavy atom. The molecule has 2 aromatic rings. The summed E-state index contributed by atoms with van der Waals surface area (Å²) in [6.45, 7) is 1.97. The SMILES string of the molecule is [B][C@@H](C(=O)Oc1ccc(C)cc1)c1ccccc1. The molecule has 0 aliphatic rings. The molecule has 0 aliphatic carbocycles. The summed E-state index contributed by atoms with van der Waals surface area (Å²) < 4.78 is 5.22. The van der Waals surface area contributed by atoms with E-state index in [9.17, 15) is 4.79 Å². The van der Waals surface area contributed by atoms with Gasteiger partial charge in [0, 0.05) is 5.82 Å². The van der Waals surface area contributed by atoms with E-state index in [2.05, 4.69) is 0 Å². The molecule has 1 atom stereocenters. The highest BCUT2D eigenvalue weighted by Crippen LogP contribution is 2.17. The summed E-state index contributed by atoms with van der Waals surface area (Å²) in [6, 6.07) is 16.5. The molecule has 18 heavy (non-hydrogen) atoms. The Labute approximate surface area is 108 Å². The maximum atomic E-state index is 11.9. The molecular formula is C15H13BO2. The van der Waals surface area contributed by atoms with Crippen molar-refractivity contribution in [1.82, 2.24) is 0 Å². The van der Waals surface area contributed by atoms with E-state index in [1.807, 2.05) is 37.3 Å². The molecular weight excluding hydrogens is 223 g/mol. The number of benzene rings is 2. The quantitative estimate of drug-likeness (QED) is 0.465. The first-order chi connectivity index (χ1) is 8.66. The van der Waals surface area contributed by atoms with E-state index in [0.29, 0.717) is 5.75 Å². The molecule has 3 heteroatoms. The summed E-state index contributed by atoms with van der Waals surface area (Å²) in [5.74, 6) is -0.700. The van der Waals surface area contributed by atoms with E-state index in [-0.39, 0.29) is 0 Å². The van der Waals surface area contributed by atoms with Crippen molar-refractivity contribution < 1.29 is 9.53 Å². The number of carbonyl (C=O) groups is 1. The van der Waals surface area contributed by atoms with Gasteiger partial charge in [-0.1, -0.05) is 48.0 Å². The smallest absolute Gasteiger partial charge is 0.309 e. The number of aryl methyl sites for hydroxylation is 1. The highest BCUT2D eigenvalue weighted by atomic mass is 16.5. The second-order valence-corrected chi connectivity index (χ2v) is 4.12. The van der Waals surface area contributed by atoms with Crippen LogP contribution >= 0.6 is 0 Å². The van der Waals surface area contributed by atoms with Crippen LogP contribution in [0.1, 0.15) is 16.9 Å². The lowest BCUT2D eigenvalue weighted by atomic mass is 9.81. The Morgan fingerprint density at radius 1 is 1.06 bits per heavy atom. The van der Waals surface area contributed by atoms with Crippen LogP contribution in [0.4, 0.5) is 0 Å². The fourth-order valence-corrected chi connectivity index (χ4v) is 1.58. The van der Waals surface area contributed by atoms with Gasteiger partial charge in [0.1, 0.15) is 5.75 Å². The van der Waals surface area contributed by atoms with E-state index in [1.54, 1.807) is 24.3 Å². The number of rotatable bonds is 3. The third-order valence-electron chi connectivity index (χ3n) is 2.65. The second-order valence-electron chi connectivity index (χ2n) is 4.12. The minimum absolute atomic E-state index is 0.454. The Bertz CT molecular complexity index is 520. The first kappa shape index (κ1) is 12.4. The zero-order chi connectivity index (χ0) is 13.0. The van der Waals surface area contributed by atoms with Crippen LogP contribution in [0.2, 0.25) is 0 Å². The standard InChI is InChI=1S/C15H13BO2/c1-11-7-9-13(10-8-11)18-15(17)14(16)12-5-3-2-4-6-12/h2-10,14H,1H3/t14-/m1/s1. The second kappa shape index (κ2) is 5.54. The number of ether oxygens (including phenoxy) is 1. The van der Waals surface area contributed by atoms with Crippen molar-refractivity contribution >= 4 is 13.8 Å². The van der Waals surface area contributed by atoms with Crippen LogP contribution in [0.15, 0.2) is 54.6 Å². The van der Waals surface area contributed by atoms with Gasteiger partial charge in [-0.15, -0.1) is 0 Å². The molecule has 0 N–H and O–H groups in total. The van der Waals surface area contributed by atoms with Gasteiger partial charge < -0.3 is 4.74 Å². The Hall–Kier alpha value is -2.03. The summed E-state index contributed by atoms with van der Waals surface area (Å²) in [7, 11) is 5.84. The minimum atomic E-state index is -0.757. The first-order valence-corrected chi connectivity index (χ1v) is 5.76. The fourth-order valence-electron chi connectivity index (χ4n) is 1.58. The summed E-state index contributed by atoms with van der Waals surface area (Å²) in [6.07, 6.45) is 0. The molecule has 0 spiro atoms. The van der Waals surface area contributed by atoms with Crippen molar-refractivity contribution in [3.8, 4) is 5.75 Å². The van der Waals surface area contributed by atoms with Crippen LogP contribution in [0.25, 0.3) is 0 Å². The molecule has 0 saturated heterocycles. The van der Waals surface area contributed by atoms with Crippen molar-refractivity contribution in [3.63, 3.8) is 0 Å². The van der Waals surface area contributed by atoms with Gasteiger partial charge in [0.15, 0.2) is 0 Å². The normalized spacial score (nSPS) is 11.8. The van der Waals surface area contributed by atoms with Crippen LogP contribution in [0.5, 0.6) is 5.75 Å². The number of carbonyl (C=O) groups excluding carboxylic acids is 1. The predicted molar refractivity (Wildman–Crippen MR) is 71.8 cm³/mol. The van der Waals surface area contributed by atoms with Gasteiger partial charge in [-0.3, -0.25) is 4.79 Å². The number of esters is 1. The lowest BCUT2D eigenvalue weighted by molar-refractivity contribution is -0.134. The summed E-state index contributed by atoms with van der Waals surface area (Å²) >= 11 is 0. The topological polar surface area (TPSA) is 26.3 Å². The van der Waals surface area contributed by atoms with Crippen LogP contribution in [-0.4, -0.2) is 13.8 Å². The third-order valence-corrected chi connectivity index (χ3v) is 2.65. The molecule has 0 amide bonds. The molecule has 0 heterocycles. The van der Waals surface area contributed by atoms with Crippen molar-refractivity contribution in [2.24, 2.45) is 0 Å². The van der Waals surface area contributed by atoms with Crippen molar-refractivity contribution in [3.05, 3.63) is 65.7 Å². The van der Waals surface area contributed by atoms with Gasteiger partial charge in [0.25, 0.3) is 0 Å². The minimum Gasteiger partial charge on any atom is -0.427 e. The lowest BCUT2D eigenvalue weighted by Crippen LogP contribution is -2.18. The molecule has 0 aliphatic heterocycles. The van der Waals surface area contributed by atoms with Crippen molar-refractivity contribution in [2.75, 3.05) is 0 Å². The van der Waals surface area contributed by atoms with Crippen LogP contribution in [0, 0.1) is 6.92 Å². The molecule has 2 aromatic carbocycles. The average Bonchev–Trinajstić information content (AvgIpc) is 2.41. The third kappa shape index (κ3) is 3.01. The average molecular weight is 236 g/mol. The van der Waals surface area contributed by atoms with Gasteiger partial charge >= 0.3 is 5.97 Å².